The Labute approximate surface area is 497 Å². The van der Waals surface area contributed by atoms with E-state index in [2.05, 4.69) is 75.1 Å². The van der Waals surface area contributed by atoms with Gasteiger partial charge in [0, 0.05) is 22.3 Å². The fourth-order valence-corrected chi connectivity index (χ4v) is 10.5. The van der Waals surface area contributed by atoms with Crippen LogP contribution in [-0.2, 0) is 0 Å². The normalized spacial score (nSPS) is 10.6. The van der Waals surface area contributed by atoms with Gasteiger partial charge in [-0.05, 0) is 135 Å². The van der Waals surface area contributed by atoms with Crippen LogP contribution in [-0.4, -0.2) is 26.4 Å². The van der Waals surface area contributed by atoms with Crippen molar-refractivity contribution in [3.63, 3.8) is 0 Å². The number of hydrogen-bond donors (Lipinski definition) is 0. The van der Waals surface area contributed by atoms with Crippen LogP contribution in [0.4, 0.5) is 0 Å². The molecular formula is C76H100O4S. The maximum absolute atomic E-state index is 6.16. The average molecular weight is 1110 g/mol. The van der Waals surface area contributed by atoms with Gasteiger partial charge in [0.25, 0.3) is 0 Å². The maximum atomic E-state index is 6.16. The summed E-state index contributed by atoms with van der Waals surface area (Å²) in [6.07, 6.45) is 40.8. The van der Waals surface area contributed by atoms with Gasteiger partial charge in [-0.2, -0.15) is 0 Å². The Hall–Kier alpha value is -5.98. The number of hydrogen-bond acceptors (Lipinski definition) is 5. The Morgan fingerprint density at radius 2 is 0.432 bits per heavy atom. The molecule has 0 atom stereocenters. The van der Waals surface area contributed by atoms with Gasteiger partial charge in [-0.15, -0.1) is 11.3 Å². The van der Waals surface area contributed by atoms with Gasteiger partial charge < -0.3 is 18.9 Å². The number of thiophene rings is 1. The molecule has 4 nitrogen and oxygen atoms in total. The molecule has 1 heterocycles. The van der Waals surface area contributed by atoms with Crippen molar-refractivity contribution in [3.05, 3.63) is 140 Å². The van der Waals surface area contributed by atoms with E-state index in [0.717, 1.165) is 118 Å². The zero-order valence-electron chi connectivity index (χ0n) is 50.7. The minimum absolute atomic E-state index is 0.726. The first-order valence-corrected chi connectivity index (χ1v) is 33.1. The lowest BCUT2D eigenvalue weighted by Gasteiger charge is -2.06. The van der Waals surface area contributed by atoms with Crippen LogP contribution < -0.4 is 18.9 Å². The highest BCUT2D eigenvalue weighted by Gasteiger charge is 2.14. The van der Waals surface area contributed by atoms with E-state index in [1.165, 1.54) is 180 Å². The Bertz CT molecular complexity index is 2480. The van der Waals surface area contributed by atoms with E-state index in [9.17, 15) is 0 Å². The first-order valence-electron chi connectivity index (χ1n) is 32.2. The largest absolute Gasteiger partial charge is 0.494 e. The molecule has 0 aliphatic heterocycles. The molecule has 5 rings (SSSR count). The van der Waals surface area contributed by atoms with Crippen molar-refractivity contribution in [1.29, 1.82) is 0 Å². The molecular weight excluding hydrogens is 1010 g/mol. The Balaban J connectivity index is 1.37. The number of benzene rings is 4. The minimum Gasteiger partial charge on any atom is -0.494 e. The van der Waals surface area contributed by atoms with Crippen molar-refractivity contribution in [1.82, 2.24) is 0 Å². The first kappa shape index (κ1) is 65.8. The van der Waals surface area contributed by atoms with Gasteiger partial charge >= 0.3 is 0 Å². The van der Waals surface area contributed by atoms with Crippen LogP contribution in [0.15, 0.2) is 97.1 Å². The van der Waals surface area contributed by atoms with E-state index >= 15 is 0 Å². The van der Waals surface area contributed by atoms with Crippen LogP contribution in [0.5, 0.6) is 23.0 Å². The lowest BCUT2D eigenvalue weighted by atomic mass is 10.1. The summed E-state index contributed by atoms with van der Waals surface area (Å²) in [5, 5.41) is 0. The van der Waals surface area contributed by atoms with Crippen LogP contribution in [0, 0.1) is 47.4 Å². The van der Waals surface area contributed by atoms with E-state index in [1.54, 1.807) is 11.3 Å². The summed E-state index contributed by atoms with van der Waals surface area (Å²) in [5.74, 6) is 31.5. The summed E-state index contributed by atoms with van der Waals surface area (Å²) in [5.41, 5.74) is 5.14. The highest BCUT2D eigenvalue weighted by atomic mass is 32.1. The molecule has 0 bridgehead atoms. The number of ether oxygens (including phenoxy) is 4. The summed E-state index contributed by atoms with van der Waals surface area (Å²) in [6, 6.07) is 32.6. The highest BCUT2D eigenvalue weighted by Crippen LogP contribution is 2.28. The number of unbranched alkanes of at least 4 members (excludes halogenated alkanes) is 28. The van der Waals surface area contributed by atoms with E-state index < -0.39 is 0 Å². The van der Waals surface area contributed by atoms with Crippen LogP contribution in [0.25, 0.3) is 0 Å². The third kappa shape index (κ3) is 29.5. The van der Waals surface area contributed by atoms with E-state index in [0.29, 0.717) is 0 Å². The maximum Gasteiger partial charge on any atom is 0.119 e. The lowest BCUT2D eigenvalue weighted by Crippen LogP contribution is -1.97. The van der Waals surface area contributed by atoms with Gasteiger partial charge in [0.1, 0.15) is 23.0 Å². The molecule has 5 heteroatoms. The molecule has 0 fully saturated rings. The molecule has 0 amide bonds. The molecule has 0 radical (unpaired) electrons. The van der Waals surface area contributed by atoms with E-state index in [-0.39, 0.29) is 0 Å². The zero-order chi connectivity index (χ0) is 56.9. The molecule has 0 saturated carbocycles. The average Bonchev–Trinajstić information content (AvgIpc) is 3.86. The van der Waals surface area contributed by atoms with Crippen molar-refractivity contribution < 1.29 is 18.9 Å². The molecule has 1 aromatic heterocycles. The lowest BCUT2D eigenvalue weighted by molar-refractivity contribution is 0.304. The predicted molar refractivity (Wildman–Crippen MR) is 346 cm³/mol. The van der Waals surface area contributed by atoms with E-state index in [4.69, 9.17) is 18.9 Å². The standard InChI is InChI=1S/C76H100O4S/c1-5-9-13-17-21-25-29-33-61-77-69-49-37-65(38-50-69)45-57-73-74(58-46-66-39-51-70(52-40-66)78-62-34-30-26-22-18-14-10-6-2)76(60-48-68-43-55-72(56-44-68)80-64-36-32-28-24-20-16-12-8-4)81-75(73)59-47-67-41-53-71(54-42-67)79-63-35-31-27-23-19-15-11-7-3/h37-44,49-56H,5-36,61-64H2,1-4H3. The van der Waals surface area contributed by atoms with Crippen LogP contribution in [0.2, 0.25) is 0 Å². The molecule has 5 aromatic rings. The van der Waals surface area contributed by atoms with Crippen molar-refractivity contribution in [2.24, 2.45) is 0 Å². The smallest absolute Gasteiger partial charge is 0.119 e. The molecule has 0 aliphatic carbocycles. The fraction of sp³-hybridized carbons (Fsp3) is 0.526. The van der Waals surface area contributed by atoms with Crippen LogP contribution >= 0.6 is 11.3 Å². The van der Waals surface area contributed by atoms with Crippen molar-refractivity contribution in [2.45, 2.75) is 233 Å². The molecule has 0 spiro atoms. The van der Waals surface area contributed by atoms with Gasteiger partial charge in [-0.3, -0.25) is 0 Å². The monoisotopic (exact) mass is 1110 g/mol. The highest BCUT2D eigenvalue weighted by molar-refractivity contribution is 7.13. The third-order valence-corrected chi connectivity index (χ3v) is 15.7. The minimum atomic E-state index is 0.726. The Kier molecular flexibility index (Phi) is 35.5. The van der Waals surface area contributed by atoms with Gasteiger partial charge in [-0.25, -0.2) is 0 Å². The molecule has 434 valence electrons. The van der Waals surface area contributed by atoms with E-state index in [1.807, 2.05) is 97.1 Å². The number of rotatable bonds is 40. The Morgan fingerprint density at radius 3 is 0.654 bits per heavy atom. The second-order valence-electron chi connectivity index (χ2n) is 21.9. The van der Waals surface area contributed by atoms with Gasteiger partial charge in [0.15, 0.2) is 0 Å². The summed E-state index contributed by atoms with van der Waals surface area (Å²) in [6.45, 7) is 12.0. The molecule has 0 aliphatic rings. The van der Waals surface area contributed by atoms with Crippen molar-refractivity contribution in [2.75, 3.05) is 26.4 Å². The SMILES string of the molecule is CCCCCCCCCCOc1ccc(C#Cc2sc(C#Cc3ccc(OCCCCCCCCCC)cc3)c(C#Cc3ccc(OCCCCCCCCCC)cc3)c2C#Cc2ccc(OCCCCCCCCCC)cc2)cc1. The molecule has 0 unspecified atom stereocenters. The molecule has 0 saturated heterocycles. The zero-order valence-corrected chi connectivity index (χ0v) is 51.6. The summed E-state index contributed by atoms with van der Waals surface area (Å²) < 4.78 is 24.6. The summed E-state index contributed by atoms with van der Waals surface area (Å²) in [4.78, 5) is 1.65. The van der Waals surface area contributed by atoms with Gasteiger partial charge in [0.05, 0.1) is 47.3 Å². The van der Waals surface area contributed by atoms with Gasteiger partial charge in [-0.1, -0.05) is 243 Å². The first-order chi connectivity index (χ1) is 40.1. The van der Waals surface area contributed by atoms with Crippen LogP contribution in [0.3, 0.4) is 0 Å². The summed E-state index contributed by atoms with van der Waals surface area (Å²) >= 11 is 1.55. The predicted octanol–water partition coefficient (Wildman–Crippen LogP) is 21.4. The Morgan fingerprint density at radius 1 is 0.235 bits per heavy atom. The topological polar surface area (TPSA) is 36.9 Å². The van der Waals surface area contributed by atoms with Crippen LogP contribution in [0.1, 0.15) is 276 Å². The third-order valence-electron chi connectivity index (χ3n) is 14.7. The molecule has 4 aromatic carbocycles. The second kappa shape index (κ2) is 43.7. The second-order valence-corrected chi connectivity index (χ2v) is 22.9. The molecule has 81 heavy (non-hydrogen) atoms. The summed E-state index contributed by atoms with van der Waals surface area (Å²) in [7, 11) is 0. The van der Waals surface area contributed by atoms with Gasteiger partial charge in [0.2, 0.25) is 0 Å². The van der Waals surface area contributed by atoms with Crippen molar-refractivity contribution in [3.8, 4) is 70.4 Å². The molecule has 0 N–H and O–H groups in total. The van der Waals surface area contributed by atoms with Crippen molar-refractivity contribution >= 4 is 11.3 Å². The fourth-order valence-electron chi connectivity index (χ4n) is 9.61. The quantitative estimate of drug-likeness (QED) is 0.0289.